The molecule has 0 aliphatic rings. The molecule has 25 heavy (non-hydrogen) atoms. The Kier molecular flexibility index (Phi) is 5.40. The predicted molar refractivity (Wildman–Crippen MR) is 112 cm³/mol. The molecule has 1 heteroatoms. The molecule has 0 aromatic heterocycles. The van der Waals surface area contributed by atoms with E-state index in [1.54, 1.807) is 10.5 Å². The topological polar surface area (TPSA) is 0 Å². The number of hydrogen-bond donors (Lipinski definition) is 0. The van der Waals surface area contributed by atoms with Crippen LogP contribution in [0.3, 0.4) is 0 Å². The van der Waals surface area contributed by atoms with E-state index in [4.69, 9.17) is 0 Å². The van der Waals surface area contributed by atoms with Crippen molar-refractivity contribution in [3.63, 3.8) is 0 Å². The Morgan fingerprint density at radius 3 is 0.800 bits per heavy atom. The number of benzene rings is 3. The number of hydrogen-bond acceptors (Lipinski definition) is 0. The van der Waals surface area contributed by atoms with Crippen molar-refractivity contribution in [3.05, 3.63) is 88.0 Å². The van der Waals surface area contributed by atoms with Crippen LogP contribution in [0.4, 0.5) is 0 Å². The molecular weight excluding hydrogens is 410 g/mol. The van der Waals surface area contributed by atoms with Crippen LogP contribution in [0.1, 0.15) is 33.4 Å². The first-order valence-corrected chi connectivity index (χ1v) is 12.7. The van der Waals surface area contributed by atoms with Crippen molar-refractivity contribution in [3.8, 4) is 0 Å². The molecule has 0 spiro atoms. The molecular formula is C24H27Sb. The normalized spacial score (nSPS) is 11.2. The molecule has 3 aromatic rings. The van der Waals surface area contributed by atoms with Crippen molar-refractivity contribution in [1.82, 2.24) is 0 Å². The van der Waals surface area contributed by atoms with E-state index < -0.39 is 20.2 Å². The van der Waals surface area contributed by atoms with Crippen LogP contribution in [0.5, 0.6) is 0 Å². The van der Waals surface area contributed by atoms with Gasteiger partial charge in [-0.15, -0.1) is 0 Å². The van der Waals surface area contributed by atoms with Gasteiger partial charge in [-0.2, -0.15) is 0 Å². The van der Waals surface area contributed by atoms with Crippen LogP contribution < -0.4 is 10.5 Å². The van der Waals surface area contributed by atoms with Crippen molar-refractivity contribution >= 4 is 30.7 Å². The van der Waals surface area contributed by atoms with Gasteiger partial charge in [-0.05, 0) is 0 Å². The molecule has 3 rings (SSSR count). The standard InChI is InChI=1S/3C8H9.Sb/c3*1-7-4-3-5-8(2)6-7;/h3*3-5H,1-2H3;. The molecule has 0 radical (unpaired) electrons. The number of rotatable bonds is 3. The Labute approximate surface area is 159 Å². The Hall–Kier alpha value is -1.52. The summed E-state index contributed by atoms with van der Waals surface area (Å²) in [4.78, 5) is 0. The summed E-state index contributed by atoms with van der Waals surface area (Å²) in [5, 5.41) is 0. The molecule has 0 nitrogen and oxygen atoms in total. The quantitative estimate of drug-likeness (QED) is 0.543. The zero-order valence-electron chi connectivity index (χ0n) is 16.1. The van der Waals surface area contributed by atoms with E-state index in [-0.39, 0.29) is 0 Å². The van der Waals surface area contributed by atoms with Crippen molar-refractivity contribution in [2.45, 2.75) is 41.5 Å². The molecule has 0 bridgehead atoms. The van der Waals surface area contributed by atoms with E-state index in [1.165, 1.54) is 33.4 Å². The molecule has 0 aliphatic heterocycles. The number of aryl methyl sites for hydroxylation is 6. The van der Waals surface area contributed by atoms with E-state index >= 15 is 0 Å². The van der Waals surface area contributed by atoms with Gasteiger partial charge in [0.1, 0.15) is 0 Å². The Morgan fingerprint density at radius 1 is 0.400 bits per heavy atom. The molecule has 0 saturated carbocycles. The van der Waals surface area contributed by atoms with Crippen molar-refractivity contribution in [2.75, 3.05) is 0 Å². The summed E-state index contributed by atoms with van der Waals surface area (Å²) in [6, 6.07) is 20.3. The van der Waals surface area contributed by atoms with E-state index in [2.05, 4.69) is 96.1 Å². The first-order chi connectivity index (χ1) is 11.9. The third-order valence-electron chi connectivity index (χ3n) is 4.99. The summed E-state index contributed by atoms with van der Waals surface area (Å²) in [6.45, 7) is 13.8. The predicted octanol–water partition coefficient (Wildman–Crippen LogP) is 4.05. The third kappa shape index (κ3) is 3.42. The van der Waals surface area contributed by atoms with E-state index in [0.29, 0.717) is 0 Å². The van der Waals surface area contributed by atoms with E-state index in [9.17, 15) is 0 Å². The van der Waals surface area contributed by atoms with Gasteiger partial charge in [-0.1, -0.05) is 0 Å². The fraction of sp³-hybridized carbons (Fsp3) is 0.250. The minimum absolute atomic E-state index is 1.45. The molecule has 3 aromatic carbocycles. The monoisotopic (exact) mass is 436 g/mol. The van der Waals surface area contributed by atoms with Gasteiger partial charge in [0.15, 0.2) is 0 Å². The van der Waals surface area contributed by atoms with Crippen LogP contribution in [0.2, 0.25) is 0 Å². The fourth-order valence-electron chi connectivity index (χ4n) is 3.81. The molecule has 0 atom stereocenters. The van der Waals surface area contributed by atoms with Gasteiger partial charge in [0.2, 0.25) is 0 Å². The van der Waals surface area contributed by atoms with Gasteiger partial charge < -0.3 is 0 Å². The van der Waals surface area contributed by atoms with Gasteiger partial charge in [-0.25, -0.2) is 0 Å². The van der Waals surface area contributed by atoms with Crippen LogP contribution in [-0.4, -0.2) is 20.2 Å². The van der Waals surface area contributed by atoms with E-state index in [1.807, 2.05) is 0 Å². The second-order valence-corrected chi connectivity index (χ2v) is 12.8. The van der Waals surface area contributed by atoms with Crippen LogP contribution in [-0.2, 0) is 0 Å². The second kappa shape index (κ2) is 7.38. The zero-order chi connectivity index (χ0) is 18.1. The Morgan fingerprint density at radius 2 is 0.600 bits per heavy atom. The van der Waals surface area contributed by atoms with Crippen LogP contribution in [0, 0.1) is 41.5 Å². The van der Waals surface area contributed by atoms with Crippen molar-refractivity contribution in [1.29, 1.82) is 0 Å². The summed E-state index contributed by atoms with van der Waals surface area (Å²) in [7, 11) is 0. The van der Waals surface area contributed by atoms with Gasteiger partial charge in [0, 0.05) is 0 Å². The maximum absolute atomic E-state index is 2.29. The molecule has 0 N–H and O–H groups in total. The summed E-state index contributed by atoms with van der Waals surface area (Å²) in [6.07, 6.45) is 0. The zero-order valence-corrected chi connectivity index (χ0v) is 18.7. The molecule has 0 fully saturated rings. The summed E-state index contributed by atoms with van der Waals surface area (Å²) in [5.41, 5.74) is 8.71. The molecule has 0 aliphatic carbocycles. The second-order valence-electron chi connectivity index (χ2n) is 7.06. The molecule has 0 unspecified atom stereocenters. The van der Waals surface area contributed by atoms with Crippen molar-refractivity contribution < 1.29 is 0 Å². The Bertz CT molecular complexity index is 738. The first-order valence-electron chi connectivity index (χ1n) is 8.90. The minimum atomic E-state index is -2.13. The molecule has 128 valence electrons. The third-order valence-corrected chi connectivity index (χ3v) is 14.9. The maximum atomic E-state index is 2.29. The average Bonchev–Trinajstić information content (AvgIpc) is 2.53. The average molecular weight is 437 g/mol. The Balaban J connectivity index is 2.42. The van der Waals surface area contributed by atoms with Gasteiger partial charge in [-0.3, -0.25) is 0 Å². The van der Waals surface area contributed by atoms with Gasteiger partial charge in [0.05, 0.1) is 0 Å². The van der Waals surface area contributed by atoms with Crippen LogP contribution in [0.15, 0.2) is 54.6 Å². The molecule has 0 heterocycles. The fourth-order valence-corrected chi connectivity index (χ4v) is 13.0. The summed E-state index contributed by atoms with van der Waals surface area (Å²) in [5.74, 6) is 0. The van der Waals surface area contributed by atoms with Gasteiger partial charge >= 0.3 is 160 Å². The summed E-state index contributed by atoms with van der Waals surface area (Å²) < 4.78 is 4.92. The van der Waals surface area contributed by atoms with Crippen LogP contribution >= 0.6 is 0 Å². The SMILES string of the molecule is Cc1cccc(C)[c]1[Sb]([c]1c(C)cccc1C)[c]1c(C)cccc1C. The molecule has 0 amide bonds. The first kappa shape index (κ1) is 18.3. The van der Waals surface area contributed by atoms with Crippen LogP contribution in [0.25, 0.3) is 0 Å². The molecule has 0 saturated heterocycles. The van der Waals surface area contributed by atoms with E-state index in [0.717, 1.165) is 0 Å². The summed E-state index contributed by atoms with van der Waals surface area (Å²) >= 11 is -2.13. The van der Waals surface area contributed by atoms with Gasteiger partial charge in [0.25, 0.3) is 0 Å². The van der Waals surface area contributed by atoms with Crippen molar-refractivity contribution in [2.24, 2.45) is 0 Å².